The second-order valence-corrected chi connectivity index (χ2v) is 6.92. The molecule has 0 amide bonds. The molecule has 3 nitrogen and oxygen atoms in total. The van der Waals surface area contributed by atoms with E-state index in [4.69, 9.17) is 0 Å². The van der Waals surface area contributed by atoms with Crippen molar-refractivity contribution < 1.29 is 0 Å². The molecule has 106 valence electrons. The van der Waals surface area contributed by atoms with Crippen LogP contribution in [0.2, 0.25) is 0 Å². The topological polar surface area (TPSA) is 19.4 Å². The molecule has 19 heavy (non-hydrogen) atoms. The highest BCUT2D eigenvalue weighted by atomic mass is 32.1. The molecule has 0 aromatic carbocycles. The lowest BCUT2D eigenvalue weighted by Crippen LogP contribution is -2.42. The molecular formula is C15H25N3S. The number of anilines is 1. The van der Waals surface area contributed by atoms with Crippen molar-refractivity contribution >= 4 is 16.5 Å². The summed E-state index contributed by atoms with van der Waals surface area (Å²) in [6.07, 6.45) is 6.98. The van der Waals surface area contributed by atoms with E-state index in [1.54, 1.807) is 11.3 Å². The lowest BCUT2D eigenvalue weighted by molar-refractivity contribution is 0.185. The fourth-order valence-corrected chi connectivity index (χ4v) is 4.22. The lowest BCUT2D eigenvalue weighted by Gasteiger charge is -2.36. The molecule has 0 radical (unpaired) electrons. The zero-order valence-electron chi connectivity index (χ0n) is 12.0. The van der Waals surface area contributed by atoms with Crippen molar-refractivity contribution in [3.63, 3.8) is 0 Å². The van der Waals surface area contributed by atoms with E-state index >= 15 is 0 Å². The van der Waals surface area contributed by atoms with Crippen LogP contribution >= 0.6 is 11.3 Å². The second-order valence-electron chi connectivity index (χ2n) is 6.09. The Labute approximate surface area is 120 Å². The number of thiazole rings is 1. The summed E-state index contributed by atoms with van der Waals surface area (Å²) in [7, 11) is 0. The summed E-state index contributed by atoms with van der Waals surface area (Å²) in [6, 6.07) is 0. The van der Waals surface area contributed by atoms with E-state index < -0.39 is 0 Å². The normalized spacial score (nSPS) is 25.7. The molecule has 0 unspecified atom stereocenters. The van der Waals surface area contributed by atoms with Gasteiger partial charge in [-0.25, -0.2) is 4.98 Å². The van der Waals surface area contributed by atoms with Crippen LogP contribution in [0.1, 0.15) is 37.8 Å². The van der Waals surface area contributed by atoms with Crippen molar-refractivity contribution in [3.8, 4) is 0 Å². The highest BCUT2D eigenvalue weighted by molar-refractivity contribution is 7.13. The smallest absolute Gasteiger partial charge is 0.185 e. The van der Waals surface area contributed by atoms with Gasteiger partial charge in [-0.2, -0.15) is 0 Å². The van der Waals surface area contributed by atoms with E-state index in [9.17, 15) is 0 Å². The van der Waals surface area contributed by atoms with Crippen molar-refractivity contribution in [2.75, 3.05) is 37.6 Å². The molecule has 3 rings (SSSR count). The molecule has 0 N–H and O–H groups in total. The van der Waals surface area contributed by atoms with Crippen molar-refractivity contribution in [2.24, 2.45) is 5.92 Å². The van der Waals surface area contributed by atoms with Crippen LogP contribution < -0.4 is 4.90 Å². The van der Waals surface area contributed by atoms with Gasteiger partial charge in [-0.1, -0.05) is 6.42 Å². The molecule has 2 saturated heterocycles. The number of hydrogen-bond acceptors (Lipinski definition) is 4. The monoisotopic (exact) mass is 279 g/mol. The Morgan fingerprint density at radius 3 is 2.79 bits per heavy atom. The molecule has 0 saturated carbocycles. The van der Waals surface area contributed by atoms with Crippen LogP contribution in [0.15, 0.2) is 5.38 Å². The third kappa shape index (κ3) is 3.48. The zero-order chi connectivity index (χ0) is 13.1. The van der Waals surface area contributed by atoms with Crippen LogP contribution in [0.5, 0.6) is 0 Å². The highest BCUT2D eigenvalue weighted by Crippen LogP contribution is 2.27. The summed E-state index contributed by atoms with van der Waals surface area (Å²) in [5, 5.41) is 3.41. The SMILES string of the molecule is Cc1csc(N2CCC[C@@H](CN3CCCCC3)C2)n1. The molecule has 1 atom stereocenters. The van der Waals surface area contributed by atoms with Gasteiger partial charge in [0.15, 0.2) is 5.13 Å². The average Bonchev–Trinajstić information content (AvgIpc) is 2.87. The molecule has 2 aliphatic heterocycles. The average molecular weight is 279 g/mol. The minimum atomic E-state index is 0.844. The third-order valence-corrected chi connectivity index (χ3v) is 5.38. The standard InChI is InChI=1S/C15H25N3S/c1-13-12-19-15(16-13)18-9-5-6-14(11-18)10-17-7-3-2-4-8-17/h12,14H,2-11H2,1H3/t14-/m0/s1. The summed E-state index contributed by atoms with van der Waals surface area (Å²) in [5.41, 5.74) is 1.16. The van der Waals surface area contributed by atoms with Crippen LogP contribution in [-0.4, -0.2) is 42.6 Å². The number of aromatic nitrogens is 1. The van der Waals surface area contributed by atoms with Crippen LogP contribution in [0.3, 0.4) is 0 Å². The highest BCUT2D eigenvalue weighted by Gasteiger charge is 2.24. The Morgan fingerprint density at radius 2 is 2.05 bits per heavy atom. The summed E-state index contributed by atoms with van der Waals surface area (Å²) in [5.74, 6) is 0.844. The van der Waals surface area contributed by atoms with E-state index in [1.807, 2.05) is 0 Å². The molecule has 2 fully saturated rings. The first-order valence-electron chi connectivity index (χ1n) is 7.71. The van der Waals surface area contributed by atoms with Crippen molar-refractivity contribution in [1.82, 2.24) is 9.88 Å². The Kier molecular flexibility index (Phi) is 4.38. The first-order valence-corrected chi connectivity index (χ1v) is 8.58. The van der Waals surface area contributed by atoms with E-state index in [0.29, 0.717) is 0 Å². The molecule has 1 aromatic rings. The quantitative estimate of drug-likeness (QED) is 0.847. The molecule has 4 heteroatoms. The van der Waals surface area contributed by atoms with Crippen LogP contribution in [0, 0.1) is 12.8 Å². The second kappa shape index (κ2) is 6.23. The number of rotatable bonds is 3. The van der Waals surface area contributed by atoms with Gasteiger partial charge < -0.3 is 9.80 Å². The van der Waals surface area contributed by atoms with E-state index in [-0.39, 0.29) is 0 Å². The van der Waals surface area contributed by atoms with Crippen molar-refractivity contribution in [3.05, 3.63) is 11.1 Å². The van der Waals surface area contributed by atoms with E-state index in [0.717, 1.165) is 11.6 Å². The Balaban J connectivity index is 1.55. The fraction of sp³-hybridized carbons (Fsp3) is 0.800. The van der Waals surface area contributed by atoms with E-state index in [1.165, 1.54) is 70.0 Å². The first kappa shape index (κ1) is 13.4. The van der Waals surface area contributed by atoms with Gasteiger partial charge >= 0.3 is 0 Å². The predicted octanol–water partition coefficient (Wildman–Crippen LogP) is 3.15. The fourth-order valence-electron chi connectivity index (χ4n) is 3.38. The summed E-state index contributed by atoms with van der Waals surface area (Å²) in [4.78, 5) is 9.84. The summed E-state index contributed by atoms with van der Waals surface area (Å²) >= 11 is 1.81. The number of hydrogen-bond donors (Lipinski definition) is 0. The number of aryl methyl sites for hydroxylation is 1. The van der Waals surface area contributed by atoms with Gasteiger partial charge in [0, 0.05) is 25.0 Å². The first-order chi connectivity index (χ1) is 9.31. The molecule has 1 aromatic heterocycles. The summed E-state index contributed by atoms with van der Waals surface area (Å²) in [6.45, 7) is 8.46. The number of likely N-dealkylation sites (tertiary alicyclic amines) is 1. The van der Waals surface area contributed by atoms with Crippen molar-refractivity contribution in [1.29, 1.82) is 0 Å². The largest absolute Gasteiger partial charge is 0.348 e. The Bertz CT molecular complexity index is 398. The zero-order valence-corrected chi connectivity index (χ0v) is 12.8. The van der Waals surface area contributed by atoms with Gasteiger partial charge in [0.05, 0.1) is 5.69 Å². The summed E-state index contributed by atoms with van der Waals surface area (Å²) < 4.78 is 0. The van der Waals surface area contributed by atoms with Crippen LogP contribution in [-0.2, 0) is 0 Å². The molecular weight excluding hydrogens is 254 g/mol. The van der Waals surface area contributed by atoms with Gasteiger partial charge in [0.1, 0.15) is 0 Å². The van der Waals surface area contributed by atoms with Gasteiger partial charge in [0.25, 0.3) is 0 Å². The molecule has 3 heterocycles. The maximum atomic E-state index is 4.65. The minimum Gasteiger partial charge on any atom is -0.348 e. The molecule has 0 bridgehead atoms. The Morgan fingerprint density at radius 1 is 1.21 bits per heavy atom. The molecule has 0 spiro atoms. The third-order valence-electron chi connectivity index (χ3n) is 4.36. The van der Waals surface area contributed by atoms with E-state index in [2.05, 4.69) is 27.1 Å². The van der Waals surface area contributed by atoms with Crippen LogP contribution in [0.25, 0.3) is 0 Å². The maximum absolute atomic E-state index is 4.65. The van der Waals surface area contributed by atoms with Gasteiger partial charge in [-0.15, -0.1) is 11.3 Å². The Hall–Kier alpha value is -0.610. The van der Waals surface area contributed by atoms with Crippen molar-refractivity contribution in [2.45, 2.75) is 39.0 Å². The molecule has 0 aliphatic carbocycles. The molecule has 2 aliphatic rings. The van der Waals surface area contributed by atoms with Crippen LogP contribution in [0.4, 0.5) is 5.13 Å². The maximum Gasteiger partial charge on any atom is 0.185 e. The van der Waals surface area contributed by atoms with Gasteiger partial charge in [-0.05, 0) is 51.6 Å². The van der Waals surface area contributed by atoms with Gasteiger partial charge in [-0.3, -0.25) is 0 Å². The number of piperidine rings is 2. The predicted molar refractivity (Wildman–Crippen MR) is 82.1 cm³/mol. The minimum absolute atomic E-state index is 0.844. The lowest BCUT2D eigenvalue weighted by atomic mass is 9.97. The number of nitrogens with zero attached hydrogens (tertiary/aromatic N) is 3. The van der Waals surface area contributed by atoms with Gasteiger partial charge in [0.2, 0.25) is 0 Å².